The normalized spacial score (nSPS) is 25.0. The van der Waals surface area contributed by atoms with Crippen molar-refractivity contribution in [2.75, 3.05) is 11.9 Å². The Morgan fingerprint density at radius 2 is 2.12 bits per heavy atom. The Kier molecular flexibility index (Phi) is 5.83. The molecule has 1 aliphatic carbocycles. The molecule has 0 saturated heterocycles. The summed E-state index contributed by atoms with van der Waals surface area (Å²) in [5.41, 5.74) is 2.59. The predicted octanol–water partition coefficient (Wildman–Crippen LogP) is 4.08. The second kappa shape index (κ2) is 8.62. The summed E-state index contributed by atoms with van der Waals surface area (Å²) in [5.74, 6) is 0.653. The summed E-state index contributed by atoms with van der Waals surface area (Å²) in [4.78, 5) is 29.4. The molecule has 2 N–H and O–H groups in total. The van der Waals surface area contributed by atoms with Crippen LogP contribution in [0.5, 0.6) is 0 Å². The summed E-state index contributed by atoms with van der Waals surface area (Å²) >= 11 is 3.15. The van der Waals surface area contributed by atoms with Crippen molar-refractivity contribution in [1.29, 1.82) is 0 Å². The van der Waals surface area contributed by atoms with E-state index in [1.165, 1.54) is 17.7 Å². The van der Waals surface area contributed by atoms with Crippen LogP contribution < -0.4 is 5.32 Å². The topological polar surface area (TPSA) is 97.2 Å². The Balaban J connectivity index is 1.42. The van der Waals surface area contributed by atoms with E-state index in [1.807, 2.05) is 26.8 Å². The standard InChI is InChI=1S/C23H26N4O3S2/c1-11-6-14(7-18(11)28)27-23-16(9-24-10-25-23)20(29)19-8-15(12(2)31-19)21-22-17(4-5-30-21)26-13(3)32-22/h8-11,14,18,21,28H,4-7H2,1-3H3,(H,24,25,27)/t11-,14-,18-,21-/m1/s1. The molecular formula is C23H26N4O3S2. The highest BCUT2D eigenvalue weighted by Crippen LogP contribution is 2.41. The molecule has 0 unspecified atom stereocenters. The van der Waals surface area contributed by atoms with Crippen LogP contribution in [0, 0.1) is 19.8 Å². The molecule has 3 aromatic rings. The smallest absolute Gasteiger partial charge is 0.208 e. The summed E-state index contributed by atoms with van der Waals surface area (Å²) in [6, 6.07) is 2.04. The lowest BCUT2D eigenvalue weighted by atomic mass is 10.0. The number of hydrogen-bond donors (Lipinski definition) is 2. The van der Waals surface area contributed by atoms with Gasteiger partial charge < -0.3 is 15.2 Å². The summed E-state index contributed by atoms with van der Waals surface area (Å²) in [6.45, 7) is 6.72. The third-order valence-corrected chi connectivity index (χ3v) is 8.42. The monoisotopic (exact) mass is 470 g/mol. The number of ether oxygens (including phenoxy) is 1. The number of hydrogen-bond acceptors (Lipinski definition) is 9. The first-order chi connectivity index (χ1) is 15.4. The number of anilines is 1. The van der Waals surface area contributed by atoms with E-state index in [0.717, 1.165) is 38.9 Å². The van der Waals surface area contributed by atoms with E-state index in [1.54, 1.807) is 17.5 Å². The van der Waals surface area contributed by atoms with E-state index in [9.17, 15) is 9.90 Å². The van der Waals surface area contributed by atoms with Crippen LogP contribution in [0.1, 0.15) is 67.1 Å². The average molecular weight is 471 g/mol. The van der Waals surface area contributed by atoms with Gasteiger partial charge in [-0.15, -0.1) is 22.7 Å². The lowest BCUT2D eigenvalue weighted by Gasteiger charge is -2.22. The third-order valence-electron chi connectivity index (χ3n) is 6.30. The molecule has 7 nitrogen and oxygen atoms in total. The van der Waals surface area contributed by atoms with E-state index < -0.39 is 0 Å². The van der Waals surface area contributed by atoms with Gasteiger partial charge in [-0.25, -0.2) is 15.0 Å². The summed E-state index contributed by atoms with van der Waals surface area (Å²) < 4.78 is 6.12. The number of rotatable bonds is 5. The number of nitrogens with one attached hydrogen (secondary N) is 1. The zero-order valence-electron chi connectivity index (χ0n) is 18.3. The van der Waals surface area contributed by atoms with Crippen LogP contribution >= 0.6 is 22.7 Å². The molecular weight excluding hydrogens is 444 g/mol. The minimum Gasteiger partial charge on any atom is -0.393 e. The Bertz CT molecular complexity index is 1150. The van der Waals surface area contributed by atoms with E-state index in [0.29, 0.717) is 29.3 Å². The van der Waals surface area contributed by atoms with Crippen molar-refractivity contribution >= 4 is 34.3 Å². The van der Waals surface area contributed by atoms with Crippen molar-refractivity contribution < 1.29 is 14.6 Å². The Labute approximate surface area is 194 Å². The largest absolute Gasteiger partial charge is 0.393 e. The molecule has 1 fully saturated rings. The molecule has 4 heterocycles. The minimum absolute atomic E-state index is 0.0886. The Morgan fingerprint density at radius 1 is 1.28 bits per heavy atom. The number of aryl methyl sites for hydroxylation is 2. The maximum Gasteiger partial charge on any atom is 0.208 e. The summed E-state index contributed by atoms with van der Waals surface area (Å²) in [5, 5.41) is 14.5. The summed E-state index contributed by atoms with van der Waals surface area (Å²) in [7, 11) is 0. The van der Waals surface area contributed by atoms with Crippen molar-refractivity contribution in [3.63, 3.8) is 0 Å². The average Bonchev–Trinajstić information content (AvgIpc) is 3.43. The third kappa shape index (κ3) is 3.98. The predicted molar refractivity (Wildman–Crippen MR) is 125 cm³/mol. The van der Waals surface area contributed by atoms with Gasteiger partial charge in [-0.3, -0.25) is 4.79 Å². The molecule has 168 valence electrons. The van der Waals surface area contributed by atoms with Crippen molar-refractivity contribution in [3.05, 3.63) is 55.1 Å². The molecule has 4 atom stereocenters. The van der Waals surface area contributed by atoms with Crippen molar-refractivity contribution in [2.45, 2.75) is 58.3 Å². The molecule has 0 spiro atoms. The molecule has 0 bridgehead atoms. The molecule has 5 rings (SSSR count). The Hall–Kier alpha value is -2.20. The van der Waals surface area contributed by atoms with E-state index in [4.69, 9.17) is 4.74 Å². The maximum atomic E-state index is 13.5. The number of fused-ring (bicyclic) bond motifs is 1. The first-order valence-electron chi connectivity index (χ1n) is 10.9. The molecule has 2 aliphatic rings. The van der Waals surface area contributed by atoms with Crippen LogP contribution in [0.2, 0.25) is 0 Å². The lowest BCUT2D eigenvalue weighted by molar-refractivity contribution is 0.0716. The molecule has 1 saturated carbocycles. The van der Waals surface area contributed by atoms with Crippen molar-refractivity contribution in [3.8, 4) is 0 Å². The number of nitrogens with zero attached hydrogens (tertiary/aromatic N) is 3. The van der Waals surface area contributed by atoms with Gasteiger partial charge in [0.25, 0.3) is 0 Å². The Morgan fingerprint density at radius 3 is 2.91 bits per heavy atom. The highest BCUT2D eigenvalue weighted by atomic mass is 32.1. The number of carbonyl (C=O) groups excluding carboxylic acids is 1. The van der Waals surface area contributed by atoms with Crippen LogP contribution in [0.4, 0.5) is 5.82 Å². The van der Waals surface area contributed by atoms with Gasteiger partial charge in [0.05, 0.1) is 38.7 Å². The first-order valence-corrected chi connectivity index (χ1v) is 12.5. The van der Waals surface area contributed by atoms with Crippen LogP contribution in [0.3, 0.4) is 0 Å². The number of aromatic nitrogens is 3. The van der Waals surface area contributed by atoms with Crippen molar-refractivity contribution in [2.24, 2.45) is 5.92 Å². The maximum absolute atomic E-state index is 13.5. The SMILES string of the molecule is Cc1nc2c(s1)[C@@H](c1cc(C(=O)c3cncnc3N[C@@H]3C[C@@H](C)[C@H](O)C3)sc1C)OCC2. The molecule has 1 aliphatic heterocycles. The molecule has 32 heavy (non-hydrogen) atoms. The fourth-order valence-electron chi connectivity index (χ4n) is 4.60. The summed E-state index contributed by atoms with van der Waals surface area (Å²) in [6.07, 6.45) is 4.84. The number of carbonyl (C=O) groups is 1. The van der Waals surface area contributed by atoms with Gasteiger partial charge in [0.15, 0.2) is 0 Å². The van der Waals surface area contributed by atoms with Gasteiger partial charge in [-0.05, 0) is 38.7 Å². The quantitative estimate of drug-likeness (QED) is 0.542. The van der Waals surface area contributed by atoms with E-state index in [2.05, 4.69) is 20.3 Å². The van der Waals surface area contributed by atoms with Gasteiger partial charge in [0.2, 0.25) is 5.78 Å². The zero-order chi connectivity index (χ0) is 22.4. The molecule has 0 radical (unpaired) electrons. The zero-order valence-corrected chi connectivity index (χ0v) is 19.9. The molecule has 3 aromatic heterocycles. The minimum atomic E-state index is -0.327. The molecule has 0 aromatic carbocycles. The van der Waals surface area contributed by atoms with Gasteiger partial charge >= 0.3 is 0 Å². The van der Waals surface area contributed by atoms with Crippen LogP contribution in [0.15, 0.2) is 18.6 Å². The van der Waals surface area contributed by atoms with Crippen molar-refractivity contribution in [1.82, 2.24) is 15.0 Å². The van der Waals surface area contributed by atoms with E-state index in [-0.39, 0.29) is 30.0 Å². The second-order valence-electron chi connectivity index (χ2n) is 8.64. The van der Waals surface area contributed by atoms with Crippen LogP contribution in [0.25, 0.3) is 0 Å². The highest BCUT2D eigenvalue weighted by molar-refractivity contribution is 7.14. The first kappa shape index (κ1) is 21.6. The fraction of sp³-hybridized carbons (Fsp3) is 0.478. The lowest BCUT2D eigenvalue weighted by Crippen LogP contribution is -2.20. The molecule has 0 amide bonds. The van der Waals surface area contributed by atoms with Gasteiger partial charge in [0.1, 0.15) is 18.2 Å². The second-order valence-corrected chi connectivity index (χ2v) is 11.1. The number of thiazole rings is 1. The van der Waals surface area contributed by atoms with Crippen LogP contribution in [-0.4, -0.2) is 44.6 Å². The number of aliphatic hydroxyl groups excluding tert-OH is 1. The van der Waals surface area contributed by atoms with Gasteiger partial charge in [-0.2, -0.15) is 0 Å². The highest BCUT2D eigenvalue weighted by Gasteiger charge is 2.32. The number of thiophene rings is 1. The van der Waals surface area contributed by atoms with E-state index >= 15 is 0 Å². The van der Waals surface area contributed by atoms with Gasteiger partial charge in [-0.1, -0.05) is 6.92 Å². The number of ketones is 1. The molecule has 9 heteroatoms. The van der Waals surface area contributed by atoms with Crippen LogP contribution in [-0.2, 0) is 11.2 Å². The fourth-order valence-corrected chi connectivity index (χ4v) is 6.64. The number of aliphatic hydroxyl groups is 1. The van der Waals surface area contributed by atoms with Gasteiger partial charge in [0, 0.05) is 29.1 Å².